The average molecular weight is 142 g/mol. The number of nitrogen functional groups attached to an aromatic ring is 1. The Morgan fingerprint density at radius 2 is 2.20 bits per heavy atom. The highest BCUT2D eigenvalue weighted by atomic mass is 16.2. The van der Waals surface area contributed by atoms with Gasteiger partial charge in [-0.2, -0.15) is 4.98 Å². The second-order valence-electron chi connectivity index (χ2n) is 1.77. The Balaban J connectivity index is 3.62. The molecule has 0 radical (unpaired) electrons. The molecule has 0 bridgehead atoms. The van der Waals surface area contributed by atoms with Gasteiger partial charge >= 0.3 is 11.4 Å². The molecule has 0 saturated carbocycles. The van der Waals surface area contributed by atoms with E-state index in [0.717, 1.165) is 4.57 Å². The van der Waals surface area contributed by atoms with Crippen LogP contribution in [0.25, 0.3) is 0 Å². The molecule has 1 heterocycles. The van der Waals surface area contributed by atoms with Crippen LogP contribution in [0.3, 0.4) is 0 Å². The van der Waals surface area contributed by atoms with Crippen LogP contribution in [-0.2, 0) is 7.05 Å². The average Bonchev–Trinajstić information content (AvgIpc) is 1.82. The van der Waals surface area contributed by atoms with Crippen LogP contribution in [0.1, 0.15) is 0 Å². The fourth-order valence-electron chi connectivity index (χ4n) is 0.486. The van der Waals surface area contributed by atoms with Gasteiger partial charge in [0, 0.05) is 7.05 Å². The molecule has 0 saturated heterocycles. The smallest absolute Gasteiger partial charge is 0.354 e. The van der Waals surface area contributed by atoms with Crippen LogP contribution < -0.4 is 17.1 Å². The number of anilines is 1. The topological polar surface area (TPSA) is 93.8 Å². The van der Waals surface area contributed by atoms with Crippen molar-refractivity contribution in [1.29, 1.82) is 0 Å². The summed E-state index contributed by atoms with van der Waals surface area (Å²) in [5, 5.41) is 0. The Morgan fingerprint density at radius 3 is 2.70 bits per heavy atom. The quantitative estimate of drug-likeness (QED) is 0.440. The second-order valence-corrected chi connectivity index (χ2v) is 1.77. The van der Waals surface area contributed by atoms with E-state index in [4.69, 9.17) is 5.73 Å². The van der Waals surface area contributed by atoms with E-state index >= 15 is 0 Å². The SMILES string of the molecule is Cn1c(=O)nc(N)[nH]c1=O. The van der Waals surface area contributed by atoms with E-state index in [-0.39, 0.29) is 5.95 Å². The summed E-state index contributed by atoms with van der Waals surface area (Å²) in [6.45, 7) is 0. The molecule has 1 aromatic heterocycles. The summed E-state index contributed by atoms with van der Waals surface area (Å²) >= 11 is 0. The van der Waals surface area contributed by atoms with Gasteiger partial charge < -0.3 is 5.73 Å². The number of rotatable bonds is 0. The molecular formula is C4H6N4O2. The van der Waals surface area contributed by atoms with E-state index in [1.807, 2.05) is 0 Å². The first-order chi connectivity index (χ1) is 4.61. The second kappa shape index (κ2) is 1.98. The van der Waals surface area contributed by atoms with Gasteiger partial charge in [0.15, 0.2) is 0 Å². The molecule has 54 valence electrons. The van der Waals surface area contributed by atoms with Gasteiger partial charge in [-0.05, 0) is 0 Å². The molecule has 0 aliphatic heterocycles. The minimum Gasteiger partial charge on any atom is -0.369 e. The number of nitrogens with zero attached hydrogens (tertiary/aromatic N) is 2. The van der Waals surface area contributed by atoms with E-state index in [9.17, 15) is 9.59 Å². The molecule has 1 rings (SSSR count). The summed E-state index contributed by atoms with van der Waals surface area (Å²) < 4.78 is 0.830. The van der Waals surface area contributed by atoms with Gasteiger partial charge in [0.05, 0.1) is 0 Å². The molecule has 6 nitrogen and oxygen atoms in total. The maximum Gasteiger partial charge on any atom is 0.354 e. The summed E-state index contributed by atoms with van der Waals surface area (Å²) in [7, 11) is 1.31. The third-order valence-corrected chi connectivity index (χ3v) is 1.04. The Kier molecular flexibility index (Phi) is 1.29. The van der Waals surface area contributed by atoms with Crippen LogP contribution >= 0.6 is 0 Å². The molecule has 0 fully saturated rings. The van der Waals surface area contributed by atoms with Crippen LogP contribution in [0.2, 0.25) is 0 Å². The van der Waals surface area contributed by atoms with Gasteiger partial charge in [-0.3, -0.25) is 4.98 Å². The Bertz CT molecular complexity index is 318. The number of hydrogen-bond donors (Lipinski definition) is 2. The van der Waals surface area contributed by atoms with Crippen molar-refractivity contribution in [3.8, 4) is 0 Å². The molecule has 10 heavy (non-hydrogen) atoms. The zero-order valence-corrected chi connectivity index (χ0v) is 5.29. The first kappa shape index (κ1) is 6.53. The van der Waals surface area contributed by atoms with Gasteiger partial charge in [-0.25, -0.2) is 14.2 Å². The van der Waals surface area contributed by atoms with Crippen molar-refractivity contribution in [1.82, 2.24) is 14.5 Å². The molecule has 6 heteroatoms. The lowest BCUT2D eigenvalue weighted by atomic mass is 10.9. The van der Waals surface area contributed by atoms with Crippen LogP contribution in [-0.4, -0.2) is 14.5 Å². The molecule has 0 spiro atoms. The molecule has 0 unspecified atom stereocenters. The first-order valence-electron chi connectivity index (χ1n) is 2.54. The van der Waals surface area contributed by atoms with Crippen LogP contribution in [0.5, 0.6) is 0 Å². The van der Waals surface area contributed by atoms with Crippen molar-refractivity contribution in [3.05, 3.63) is 21.0 Å². The molecule has 0 amide bonds. The summed E-state index contributed by atoms with van der Waals surface area (Å²) in [6.07, 6.45) is 0. The molecule has 0 aliphatic rings. The fraction of sp³-hybridized carbons (Fsp3) is 0.250. The lowest BCUT2D eigenvalue weighted by Crippen LogP contribution is -2.35. The normalized spacial score (nSPS) is 9.70. The van der Waals surface area contributed by atoms with Crippen molar-refractivity contribution in [2.45, 2.75) is 0 Å². The highest BCUT2D eigenvalue weighted by molar-refractivity contribution is 5.09. The third kappa shape index (κ3) is 0.903. The number of nitrogens with one attached hydrogen (secondary N) is 1. The van der Waals surface area contributed by atoms with Gasteiger partial charge in [0.1, 0.15) is 0 Å². The summed E-state index contributed by atoms with van der Waals surface area (Å²) in [6, 6.07) is 0. The predicted molar refractivity (Wildman–Crippen MR) is 34.5 cm³/mol. The van der Waals surface area contributed by atoms with E-state index in [0.29, 0.717) is 0 Å². The van der Waals surface area contributed by atoms with Gasteiger partial charge in [-0.15, -0.1) is 0 Å². The lowest BCUT2D eigenvalue weighted by molar-refractivity contribution is 0.735. The minimum atomic E-state index is -0.652. The number of aromatic amines is 1. The van der Waals surface area contributed by atoms with Crippen molar-refractivity contribution in [2.24, 2.45) is 7.05 Å². The summed E-state index contributed by atoms with van der Waals surface area (Å²) in [4.78, 5) is 26.7. The number of H-pyrrole nitrogens is 1. The predicted octanol–water partition coefficient (Wildman–Crippen LogP) is -1.95. The van der Waals surface area contributed by atoms with Crippen molar-refractivity contribution < 1.29 is 0 Å². The van der Waals surface area contributed by atoms with E-state index in [1.165, 1.54) is 7.05 Å². The van der Waals surface area contributed by atoms with Crippen LogP contribution in [0, 0.1) is 0 Å². The number of hydrogen-bond acceptors (Lipinski definition) is 4. The Labute approximate surface area is 55.3 Å². The Hall–Kier alpha value is -1.59. The number of nitrogens with two attached hydrogens (primary N) is 1. The first-order valence-corrected chi connectivity index (χ1v) is 2.54. The lowest BCUT2D eigenvalue weighted by Gasteiger charge is -1.92. The van der Waals surface area contributed by atoms with Crippen LogP contribution in [0.15, 0.2) is 9.59 Å². The Morgan fingerprint density at radius 1 is 1.60 bits per heavy atom. The fourth-order valence-corrected chi connectivity index (χ4v) is 0.486. The molecule has 0 atom stereocenters. The van der Waals surface area contributed by atoms with Gasteiger partial charge in [-0.1, -0.05) is 0 Å². The monoisotopic (exact) mass is 142 g/mol. The molecule has 1 aromatic rings. The zero-order chi connectivity index (χ0) is 7.72. The maximum absolute atomic E-state index is 10.6. The molecule has 0 aliphatic carbocycles. The van der Waals surface area contributed by atoms with Crippen molar-refractivity contribution in [3.63, 3.8) is 0 Å². The summed E-state index contributed by atoms with van der Waals surface area (Å²) in [5.74, 6) is -0.159. The van der Waals surface area contributed by atoms with E-state index < -0.39 is 11.4 Å². The highest BCUT2D eigenvalue weighted by Gasteiger charge is 1.95. The van der Waals surface area contributed by atoms with Crippen LogP contribution in [0.4, 0.5) is 5.95 Å². The van der Waals surface area contributed by atoms with Crippen molar-refractivity contribution >= 4 is 5.95 Å². The third-order valence-electron chi connectivity index (χ3n) is 1.04. The van der Waals surface area contributed by atoms with Gasteiger partial charge in [0.2, 0.25) is 5.95 Å². The molecule has 3 N–H and O–H groups in total. The summed E-state index contributed by atoms with van der Waals surface area (Å²) in [5.41, 5.74) is 3.84. The standard InChI is InChI=1S/C4H6N4O2/c1-8-3(9)6-2(5)7-4(8)10/h1H3,(H3,5,6,7,9,10). The maximum atomic E-state index is 10.6. The number of aromatic nitrogens is 3. The molecule has 0 aromatic carbocycles. The van der Waals surface area contributed by atoms with Gasteiger partial charge in [0.25, 0.3) is 0 Å². The van der Waals surface area contributed by atoms with E-state index in [2.05, 4.69) is 9.97 Å². The highest BCUT2D eigenvalue weighted by Crippen LogP contribution is 1.71. The zero-order valence-electron chi connectivity index (χ0n) is 5.29. The molecular weight excluding hydrogens is 136 g/mol. The van der Waals surface area contributed by atoms with Crippen molar-refractivity contribution in [2.75, 3.05) is 5.73 Å². The minimum absolute atomic E-state index is 0.159. The van der Waals surface area contributed by atoms with E-state index in [1.54, 1.807) is 0 Å². The largest absolute Gasteiger partial charge is 0.369 e.